The second-order valence-electron chi connectivity index (χ2n) is 7.84. The molecule has 0 saturated heterocycles. The van der Waals surface area contributed by atoms with Gasteiger partial charge in [-0.1, -0.05) is 54.2 Å². The molecule has 9 heteroatoms. The van der Waals surface area contributed by atoms with Gasteiger partial charge in [-0.3, -0.25) is 4.79 Å². The summed E-state index contributed by atoms with van der Waals surface area (Å²) >= 11 is 1.33. The van der Waals surface area contributed by atoms with Gasteiger partial charge in [-0.05, 0) is 43.0 Å². The van der Waals surface area contributed by atoms with Crippen molar-refractivity contribution in [3.8, 4) is 0 Å². The predicted molar refractivity (Wildman–Crippen MR) is 116 cm³/mol. The fraction of sp³-hybridized carbons (Fsp3) is 0.348. The van der Waals surface area contributed by atoms with Gasteiger partial charge >= 0.3 is 6.18 Å². The number of carbonyl (C=O) groups excluding carboxylic acids is 1. The Morgan fingerprint density at radius 2 is 1.75 bits per heavy atom. The van der Waals surface area contributed by atoms with E-state index in [9.17, 15) is 18.0 Å². The van der Waals surface area contributed by atoms with Gasteiger partial charge in [-0.25, -0.2) is 0 Å². The highest BCUT2D eigenvalue weighted by Gasteiger charge is 2.33. The minimum atomic E-state index is -4.37. The van der Waals surface area contributed by atoms with Crippen LogP contribution in [-0.4, -0.2) is 37.4 Å². The number of hydrogen-bond donors (Lipinski definition) is 0. The van der Waals surface area contributed by atoms with Gasteiger partial charge in [0.05, 0.1) is 17.9 Å². The van der Waals surface area contributed by atoms with Crippen molar-refractivity contribution in [2.24, 2.45) is 0 Å². The Hall–Kier alpha value is -2.81. The van der Waals surface area contributed by atoms with Crippen molar-refractivity contribution < 1.29 is 18.0 Å². The first kappa shape index (κ1) is 22.4. The van der Waals surface area contributed by atoms with E-state index in [1.54, 1.807) is 4.90 Å². The molecule has 0 bridgehead atoms. The van der Waals surface area contributed by atoms with Crippen LogP contribution in [-0.2, 0) is 24.1 Å². The van der Waals surface area contributed by atoms with Gasteiger partial charge in [-0.15, -0.1) is 10.2 Å². The van der Waals surface area contributed by atoms with Gasteiger partial charge in [-0.2, -0.15) is 13.2 Å². The normalized spacial score (nSPS) is 13.9. The van der Waals surface area contributed by atoms with Crippen LogP contribution < -0.4 is 0 Å². The minimum Gasteiger partial charge on any atom is -0.335 e. The topological polar surface area (TPSA) is 51.0 Å². The van der Waals surface area contributed by atoms with Crippen LogP contribution in [0.4, 0.5) is 13.2 Å². The van der Waals surface area contributed by atoms with Crippen molar-refractivity contribution in [2.75, 3.05) is 5.75 Å². The van der Waals surface area contributed by atoms with Crippen LogP contribution in [0.15, 0.2) is 59.8 Å². The monoisotopic (exact) mass is 460 g/mol. The molecule has 1 aromatic heterocycles. The lowest BCUT2D eigenvalue weighted by atomic mass is 10.1. The van der Waals surface area contributed by atoms with E-state index in [0.29, 0.717) is 23.8 Å². The quantitative estimate of drug-likeness (QED) is 0.447. The van der Waals surface area contributed by atoms with Crippen molar-refractivity contribution in [3.63, 3.8) is 0 Å². The van der Waals surface area contributed by atoms with Crippen molar-refractivity contribution in [1.82, 2.24) is 19.7 Å². The minimum absolute atomic E-state index is 0.0516. The molecule has 0 unspecified atom stereocenters. The van der Waals surface area contributed by atoms with E-state index in [1.165, 1.54) is 23.9 Å². The molecule has 1 aliphatic rings. The molecule has 32 heavy (non-hydrogen) atoms. The number of rotatable bonds is 8. The zero-order chi connectivity index (χ0) is 22.7. The second-order valence-corrected chi connectivity index (χ2v) is 8.78. The number of aromatic nitrogens is 3. The standard InChI is InChI=1S/C23H23F3N4OS/c1-16-27-28-22(29(16)13-17-5-3-2-4-6-17)32-15-21(31)30(20-11-12-20)14-18-7-9-19(10-8-18)23(24,25)26/h2-10,20H,11-15H2,1H3. The molecule has 1 fully saturated rings. The van der Waals surface area contributed by atoms with Crippen molar-refractivity contribution in [1.29, 1.82) is 0 Å². The Morgan fingerprint density at radius 1 is 1.06 bits per heavy atom. The lowest BCUT2D eigenvalue weighted by Crippen LogP contribution is -2.34. The Bertz CT molecular complexity index is 1060. The van der Waals surface area contributed by atoms with Gasteiger partial charge in [0.25, 0.3) is 0 Å². The molecule has 0 atom stereocenters. The summed E-state index contributed by atoms with van der Waals surface area (Å²) in [6.45, 7) is 2.80. The maximum atomic E-state index is 13.0. The maximum absolute atomic E-state index is 13.0. The van der Waals surface area contributed by atoms with E-state index in [1.807, 2.05) is 41.8 Å². The Balaban J connectivity index is 1.40. The number of carbonyl (C=O) groups is 1. The number of amides is 1. The molecule has 1 saturated carbocycles. The smallest absolute Gasteiger partial charge is 0.335 e. The molecule has 1 heterocycles. The first-order valence-electron chi connectivity index (χ1n) is 10.3. The number of hydrogen-bond acceptors (Lipinski definition) is 4. The van der Waals surface area contributed by atoms with Crippen molar-refractivity contribution >= 4 is 17.7 Å². The summed E-state index contributed by atoms with van der Waals surface area (Å²) in [6.07, 6.45) is -2.53. The van der Waals surface area contributed by atoms with E-state index in [-0.39, 0.29) is 17.7 Å². The van der Waals surface area contributed by atoms with Crippen molar-refractivity contribution in [3.05, 3.63) is 77.1 Å². The van der Waals surface area contributed by atoms with Gasteiger partial charge in [0, 0.05) is 12.6 Å². The van der Waals surface area contributed by atoms with Crippen LogP contribution in [0.25, 0.3) is 0 Å². The summed E-state index contributed by atoms with van der Waals surface area (Å²) in [7, 11) is 0. The third-order valence-electron chi connectivity index (χ3n) is 5.35. The molecule has 3 aromatic rings. The molecular weight excluding hydrogens is 437 g/mol. The van der Waals surface area contributed by atoms with Gasteiger partial charge < -0.3 is 9.47 Å². The summed E-state index contributed by atoms with van der Waals surface area (Å²) in [4.78, 5) is 14.7. The Kier molecular flexibility index (Phi) is 6.55. The van der Waals surface area contributed by atoms with Gasteiger partial charge in [0.2, 0.25) is 5.91 Å². The third kappa shape index (κ3) is 5.51. The number of halogens is 3. The van der Waals surface area contributed by atoms with Crippen LogP contribution in [0, 0.1) is 6.92 Å². The summed E-state index contributed by atoms with van der Waals surface area (Å²) in [6, 6.07) is 15.1. The highest BCUT2D eigenvalue weighted by atomic mass is 32.2. The van der Waals surface area contributed by atoms with E-state index in [2.05, 4.69) is 10.2 Å². The maximum Gasteiger partial charge on any atom is 0.416 e. The molecule has 5 nitrogen and oxygen atoms in total. The summed E-state index contributed by atoms with van der Waals surface area (Å²) in [5.74, 6) is 0.918. The van der Waals surface area contributed by atoms with E-state index in [4.69, 9.17) is 0 Å². The lowest BCUT2D eigenvalue weighted by molar-refractivity contribution is -0.137. The van der Waals surface area contributed by atoms with E-state index >= 15 is 0 Å². The molecule has 1 aliphatic carbocycles. The fourth-order valence-electron chi connectivity index (χ4n) is 3.43. The highest BCUT2D eigenvalue weighted by Crippen LogP contribution is 2.32. The van der Waals surface area contributed by atoms with Gasteiger partial charge in [0.15, 0.2) is 5.16 Å². The Morgan fingerprint density at radius 3 is 2.38 bits per heavy atom. The zero-order valence-electron chi connectivity index (χ0n) is 17.5. The van der Waals surface area contributed by atoms with Crippen LogP contribution in [0.3, 0.4) is 0 Å². The number of benzene rings is 2. The first-order valence-corrected chi connectivity index (χ1v) is 11.3. The van der Waals surface area contributed by atoms with Crippen molar-refractivity contribution in [2.45, 2.75) is 50.2 Å². The molecular formula is C23H23F3N4OS. The van der Waals surface area contributed by atoms with Gasteiger partial charge in [0.1, 0.15) is 5.82 Å². The average Bonchev–Trinajstić information content (AvgIpc) is 3.56. The molecule has 0 radical (unpaired) electrons. The molecule has 168 valence electrons. The average molecular weight is 461 g/mol. The summed E-state index contributed by atoms with van der Waals surface area (Å²) < 4.78 is 40.4. The first-order chi connectivity index (χ1) is 15.3. The van der Waals surface area contributed by atoms with E-state index < -0.39 is 11.7 Å². The predicted octanol–water partition coefficient (Wildman–Crippen LogP) is 4.94. The lowest BCUT2D eigenvalue weighted by Gasteiger charge is -2.22. The SMILES string of the molecule is Cc1nnc(SCC(=O)N(Cc2ccc(C(F)(F)F)cc2)C2CC2)n1Cc1ccccc1. The van der Waals surface area contributed by atoms with E-state index in [0.717, 1.165) is 36.4 Å². The largest absolute Gasteiger partial charge is 0.416 e. The molecule has 0 N–H and O–H groups in total. The zero-order valence-corrected chi connectivity index (χ0v) is 18.4. The van der Waals surface area contributed by atoms with Crippen LogP contribution >= 0.6 is 11.8 Å². The molecule has 1 amide bonds. The Labute approximate surface area is 188 Å². The van der Waals surface area contributed by atoms with Crippen LogP contribution in [0.5, 0.6) is 0 Å². The molecule has 0 spiro atoms. The second kappa shape index (κ2) is 9.36. The molecule has 2 aromatic carbocycles. The number of alkyl halides is 3. The summed E-state index contributed by atoms with van der Waals surface area (Å²) in [5.41, 5.74) is 1.12. The highest BCUT2D eigenvalue weighted by molar-refractivity contribution is 7.99. The number of thioether (sulfide) groups is 1. The fourth-order valence-corrected chi connectivity index (χ4v) is 4.30. The summed E-state index contributed by atoms with van der Waals surface area (Å²) in [5, 5.41) is 9.04. The number of aryl methyl sites for hydroxylation is 1. The molecule has 4 rings (SSSR count). The van der Waals surface area contributed by atoms with Crippen LogP contribution in [0.2, 0.25) is 0 Å². The number of nitrogens with zero attached hydrogens (tertiary/aromatic N) is 4. The van der Waals surface area contributed by atoms with Crippen LogP contribution in [0.1, 0.15) is 35.4 Å². The molecule has 0 aliphatic heterocycles. The third-order valence-corrected chi connectivity index (χ3v) is 6.30.